The number of nitrogens with one attached hydrogen (secondary N) is 1. The second-order valence-electron chi connectivity index (χ2n) is 6.36. The van der Waals surface area contributed by atoms with Crippen LogP contribution in [0.2, 0.25) is 0 Å². The van der Waals surface area contributed by atoms with Crippen LogP contribution in [0.4, 0.5) is 0 Å². The van der Waals surface area contributed by atoms with E-state index >= 15 is 0 Å². The molecule has 0 saturated heterocycles. The Kier molecular flexibility index (Phi) is 4.83. The molecule has 0 heterocycles. The van der Waals surface area contributed by atoms with Gasteiger partial charge in [-0.1, -0.05) is 13.3 Å². The lowest BCUT2D eigenvalue weighted by atomic mass is 9.81. The fraction of sp³-hybridized carbons (Fsp3) is 0.867. The molecule has 0 bridgehead atoms. The topological polar surface area (TPSA) is 66.4 Å². The number of aliphatic carboxylic acids is 1. The largest absolute Gasteiger partial charge is 0.481 e. The molecule has 2 N–H and O–H groups in total. The molecule has 2 unspecified atom stereocenters. The highest BCUT2D eigenvalue weighted by atomic mass is 16.4. The molecule has 19 heavy (non-hydrogen) atoms. The van der Waals surface area contributed by atoms with Crippen molar-refractivity contribution in [2.45, 2.75) is 64.3 Å². The summed E-state index contributed by atoms with van der Waals surface area (Å²) in [4.78, 5) is 23.2. The summed E-state index contributed by atoms with van der Waals surface area (Å²) >= 11 is 0. The number of carboxylic acid groups (broad SMARTS) is 1. The lowest BCUT2D eigenvalue weighted by molar-refractivity contribution is -0.143. The van der Waals surface area contributed by atoms with E-state index < -0.39 is 5.97 Å². The van der Waals surface area contributed by atoms with E-state index in [9.17, 15) is 9.59 Å². The first-order valence-electron chi connectivity index (χ1n) is 7.59. The zero-order valence-corrected chi connectivity index (χ0v) is 11.7. The lowest BCUT2D eigenvalue weighted by Crippen LogP contribution is -2.43. The number of hydrogen-bond donors (Lipinski definition) is 2. The van der Waals surface area contributed by atoms with Crippen molar-refractivity contribution in [3.8, 4) is 0 Å². The molecule has 0 aromatic heterocycles. The molecule has 0 radical (unpaired) electrons. The number of rotatable bonds is 3. The van der Waals surface area contributed by atoms with Gasteiger partial charge in [0.25, 0.3) is 0 Å². The summed E-state index contributed by atoms with van der Waals surface area (Å²) in [6, 6.07) is 0.0710. The van der Waals surface area contributed by atoms with E-state index in [-0.39, 0.29) is 23.8 Å². The average Bonchev–Trinajstić information content (AvgIpc) is 2.39. The minimum absolute atomic E-state index is 0.0710. The molecular weight excluding hydrogens is 242 g/mol. The van der Waals surface area contributed by atoms with Crippen molar-refractivity contribution in [2.75, 3.05) is 0 Å². The third-order valence-electron chi connectivity index (χ3n) is 4.76. The van der Waals surface area contributed by atoms with Crippen molar-refractivity contribution in [3.05, 3.63) is 0 Å². The third kappa shape index (κ3) is 3.95. The van der Waals surface area contributed by atoms with Crippen molar-refractivity contribution < 1.29 is 14.7 Å². The molecule has 0 aromatic rings. The lowest BCUT2D eigenvalue weighted by Gasteiger charge is -2.31. The minimum atomic E-state index is -0.717. The van der Waals surface area contributed by atoms with E-state index in [1.807, 2.05) is 0 Å². The third-order valence-corrected chi connectivity index (χ3v) is 4.76. The highest BCUT2D eigenvalue weighted by Gasteiger charge is 2.30. The summed E-state index contributed by atoms with van der Waals surface area (Å²) in [7, 11) is 0. The number of hydrogen-bond acceptors (Lipinski definition) is 2. The Morgan fingerprint density at radius 1 is 1.00 bits per heavy atom. The monoisotopic (exact) mass is 267 g/mol. The molecule has 1 amide bonds. The Morgan fingerprint density at radius 2 is 1.68 bits per heavy atom. The van der Waals surface area contributed by atoms with E-state index in [2.05, 4.69) is 12.2 Å². The predicted molar refractivity (Wildman–Crippen MR) is 72.6 cm³/mol. The molecule has 2 aliphatic carbocycles. The normalized spacial score (nSPS) is 35.6. The average molecular weight is 267 g/mol. The van der Waals surface area contributed by atoms with Crippen LogP contribution >= 0.6 is 0 Å². The summed E-state index contributed by atoms with van der Waals surface area (Å²) in [6.07, 6.45) is 7.44. The number of amides is 1. The maximum absolute atomic E-state index is 12.2. The maximum atomic E-state index is 12.2. The second kappa shape index (κ2) is 6.40. The van der Waals surface area contributed by atoms with Crippen molar-refractivity contribution >= 4 is 11.9 Å². The van der Waals surface area contributed by atoms with Gasteiger partial charge in [0.05, 0.1) is 5.92 Å². The van der Waals surface area contributed by atoms with Crippen LogP contribution in [0.1, 0.15) is 58.3 Å². The van der Waals surface area contributed by atoms with Crippen LogP contribution in [-0.2, 0) is 9.59 Å². The molecule has 4 heteroatoms. The molecule has 2 aliphatic rings. The van der Waals surface area contributed by atoms with Crippen LogP contribution in [0.25, 0.3) is 0 Å². The quantitative estimate of drug-likeness (QED) is 0.826. The van der Waals surface area contributed by atoms with Gasteiger partial charge in [-0.25, -0.2) is 0 Å². The van der Waals surface area contributed by atoms with Crippen LogP contribution in [0.3, 0.4) is 0 Å². The van der Waals surface area contributed by atoms with E-state index in [0.29, 0.717) is 6.42 Å². The van der Waals surface area contributed by atoms with Gasteiger partial charge in [0.1, 0.15) is 0 Å². The van der Waals surface area contributed by atoms with Gasteiger partial charge in [0.15, 0.2) is 0 Å². The van der Waals surface area contributed by atoms with Gasteiger partial charge in [-0.3, -0.25) is 9.59 Å². The fourth-order valence-corrected chi connectivity index (χ4v) is 3.39. The summed E-state index contributed by atoms with van der Waals surface area (Å²) < 4.78 is 0. The van der Waals surface area contributed by atoms with Crippen molar-refractivity contribution in [1.82, 2.24) is 5.32 Å². The molecule has 4 nitrogen and oxygen atoms in total. The van der Waals surface area contributed by atoms with Gasteiger partial charge in [-0.05, 0) is 50.9 Å². The zero-order chi connectivity index (χ0) is 13.8. The smallest absolute Gasteiger partial charge is 0.306 e. The van der Waals surface area contributed by atoms with E-state index in [1.54, 1.807) is 0 Å². The Labute approximate surface area is 115 Å². The first-order chi connectivity index (χ1) is 9.06. The van der Waals surface area contributed by atoms with Crippen LogP contribution < -0.4 is 5.32 Å². The standard InChI is InChI=1S/C15H25NO3/c1-10-5-7-11(8-6-10)14(17)16-13-4-2-3-12(9-13)15(18)19/h10-13H,2-9H2,1H3,(H,16,17)(H,18,19). The van der Waals surface area contributed by atoms with Gasteiger partial charge < -0.3 is 10.4 Å². The SMILES string of the molecule is CC1CCC(C(=O)NC2CCCC(C(=O)O)C2)CC1. The van der Waals surface area contributed by atoms with Crippen LogP contribution in [0.15, 0.2) is 0 Å². The Hall–Kier alpha value is -1.06. The predicted octanol–water partition coefficient (Wildman–Crippen LogP) is 2.57. The van der Waals surface area contributed by atoms with Crippen molar-refractivity contribution in [1.29, 1.82) is 0 Å². The maximum Gasteiger partial charge on any atom is 0.306 e. The first-order valence-corrected chi connectivity index (χ1v) is 7.59. The number of carbonyl (C=O) groups excluding carboxylic acids is 1. The molecule has 2 saturated carbocycles. The fourth-order valence-electron chi connectivity index (χ4n) is 3.39. The minimum Gasteiger partial charge on any atom is -0.481 e. The summed E-state index contributed by atoms with van der Waals surface area (Å²) in [5.41, 5.74) is 0. The van der Waals surface area contributed by atoms with Gasteiger partial charge in [-0.15, -0.1) is 0 Å². The molecule has 2 fully saturated rings. The molecular formula is C15H25NO3. The summed E-state index contributed by atoms with van der Waals surface area (Å²) in [5, 5.41) is 12.1. The van der Waals surface area contributed by atoms with E-state index in [4.69, 9.17) is 5.11 Å². The van der Waals surface area contributed by atoms with Crippen molar-refractivity contribution in [2.24, 2.45) is 17.8 Å². The molecule has 0 aromatic carbocycles. The molecule has 0 aliphatic heterocycles. The van der Waals surface area contributed by atoms with Gasteiger partial charge in [-0.2, -0.15) is 0 Å². The van der Waals surface area contributed by atoms with Crippen LogP contribution in [0, 0.1) is 17.8 Å². The summed E-state index contributed by atoms with van der Waals surface area (Å²) in [5.74, 6) is 0.0651. The van der Waals surface area contributed by atoms with Crippen LogP contribution in [0.5, 0.6) is 0 Å². The van der Waals surface area contributed by atoms with Gasteiger partial charge in [0, 0.05) is 12.0 Å². The Balaban J connectivity index is 1.80. The molecule has 2 atom stereocenters. The Morgan fingerprint density at radius 3 is 2.32 bits per heavy atom. The van der Waals surface area contributed by atoms with Gasteiger partial charge in [0.2, 0.25) is 5.91 Å². The highest BCUT2D eigenvalue weighted by molar-refractivity contribution is 5.79. The van der Waals surface area contributed by atoms with Crippen LogP contribution in [-0.4, -0.2) is 23.0 Å². The first kappa shape index (κ1) is 14.4. The van der Waals surface area contributed by atoms with Gasteiger partial charge >= 0.3 is 5.97 Å². The Bertz CT molecular complexity index is 334. The van der Waals surface area contributed by atoms with E-state index in [1.165, 1.54) is 0 Å². The van der Waals surface area contributed by atoms with Crippen molar-refractivity contribution in [3.63, 3.8) is 0 Å². The molecule has 0 spiro atoms. The van der Waals surface area contributed by atoms with E-state index in [0.717, 1.165) is 50.9 Å². The number of carboxylic acids is 1. The zero-order valence-electron chi connectivity index (χ0n) is 11.7. The molecule has 108 valence electrons. The summed E-state index contributed by atoms with van der Waals surface area (Å²) in [6.45, 7) is 2.24. The second-order valence-corrected chi connectivity index (χ2v) is 6.36. The highest BCUT2D eigenvalue weighted by Crippen LogP contribution is 2.29. The molecule has 2 rings (SSSR count). The number of carbonyl (C=O) groups is 2.